The molecule has 2 heteroatoms. The summed E-state index contributed by atoms with van der Waals surface area (Å²) in [6, 6.07) is 0.275. The van der Waals surface area contributed by atoms with Crippen LogP contribution in [0.5, 0.6) is 0 Å². The van der Waals surface area contributed by atoms with Gasteiger partial charge >= 0.3 is 0 Å². The largest absolute Gasteiger partial charge is 0.347 e. The zero-order valence-electron chi connectivity index (χ0n) is 4.14. The van der Waals surface area contributed by atoms with Crippen molar-refractivity contribution < 1.29 is 4.79 Å². The summed E-state index contributed by atoms with van der Waals surface area (Å²) in [5.74, 6) is 0.0370. The average Bonchev–Trinajstić information content (AvgIpc) is 2.17. The molecular weight excluding hydrogens is 90.1 g/mol. The van der Waals surface area contributed by atoms with Crippen molar-refractivity contribution >= 4 is 5.91 Å². The van der Waals surface area contributed by atoms with Gasteiger partial charge in [0.05, 0.1) is 6.04 Å². The summed E-state index contributed by atoms with van der Waals surface area (Å²) >= 11 is 0. The van der Waals surface area contributed by atoms with Gasteiger partial charge in [0.25, 0.3) is 0 Å². The molecule has 0 bridgehead atoms. The van der Waals surface area contributed by atoms with E-state index in [1.165, 1.54) is 6.92 Å². The third-order valence-corrected chi connectivity index (χ3v) is 0.755. The minimum Gasteiger partial charge on any atom is -0.347 e. The lowest BCUT2D eigenvalue weighted by Crippen LogP contribution is -2.22. The highest BCUT2D eigenvalue weighted by Crippen LogP contribution is 2.02. The predicted octanol–water partition coefficient (Wildman–Crippen LogP) is 0.0609. The van der Waals surface area contributed by atoms with Gasteiger partial charge in [0.15, 0.2) is 0 Å². The van der Waals surface area contributed by atoms with Crippen LogP contribution in [-0.2, 0) is 4.79 Å². The molecule has 0 saturated heterocycles. The van der Waals surface area contributed by atoms with Gasteiger partial charge in [-0.1, -0.05) is 12.2 Å². The number of amides is 1. The van der Waals surface area contributed by atoms with Crippen molar-refractivity contribution in [3.05, 3.63) is 12.2 Å². The third kappa shape index (κ3) is 1.39. The van der Waals surface area contributed by atoms with Crippen LogP contribution < -0.4 is 5.32 Å². The number of rotatable bonds is 1. The molecule has 0 aromatic heterocycles. The fourth-order valence-corrected chi connectivity index (χ4v) is 0.386. The van der Waals surface area contributed by atoms with Gasteiger partial charge in [0.2, 0.25) is 5.91 Å². The van der Waals surface area contributed by atoms with E-state index in [0.29, 0.717) is 0 Å². The highest BCUT2D eigenvalue weighted by atomic mass is 16.1. The zero-order chi connectivity index (χ0) is 5.28. The Labute approximate surface area is 42.2 Å². The number of hydrogen-bond acceptors (Lipinski definition) is 1. The van der Waals surface area contributed by atoms with Crippen molar-refractivity contribution in [2.45, 2.75) is 13.0 Å². The first-order valence-electron chi connectivity index (χ1n) is 2.24. The molecule has 0 spiro atoms. The molecule has 1 aliphatic carbocycles. The van der Waals surface area contributed by atoms with Gasteiger partial charge in [0, 0.05) is 6.92 Å². The molecule has 38 valence electrons. The second-order valence-corrected chi connectivity index (χ2v) is 1.61. The standard InChI is InChI=1S/C5H7NO/c1-4(7)6-5-2-3-5/h2-3,5H,1H3,(H,6,7). The lowest BCUT2D eigenvalue weighted by atomic mass is 10.6. The number of nitrogens with one attached hydrogen (secondary N) is 1. The Morgan fingerprint density at radius 2 is 2.29 bits per heavy atom. The van der Waals surface area contributed by atoms with Crippen LogP contribution in [-0.4, -0.2) is 11.9 Å². The smallest absolute Gasteiger partial charge is 0.217 e. The average molecular weight is 97.1 g/mol. The molecule has 0 aliphatic heterocycles. The van der Waals surface area contributed by atoms with E-state index in [2.05, 4.69) is 5.32 Å². The first-order valence-corrected chi connectivity index (χ1v) is 2.24. The SMILES string of the molecule is CC(=O)NC1C=C1. The van der Waals surface area contributed by atoms with Crippen molar-refractivity contribution in [3.8, 4) is 0 Å². The molecule has 0 atom stereocenters. The molecule has 0 saturated carbocycles. The topological polar surface area (TPSA) is 29.1 Å². The summed E-state index contributed by atoms with van der Waals surface area (Å²) in [5.41, 5.74) is 0. The van der Waals surface area contributed by atoms with Crippen LogP contribution in [0, 0.1) is 0 Å². The van der Waals surface area contributed by atoms with Crippen molar-refractivity contribution in [2.75, 3.05) is 0 Å². The van der Waals surface area contributed by atoms with Crippen LogP contribution in [0.3, 0.4) is 0 Å². The van der Waals surface area contributed by atoms with Gasteiger partial charge in [0.1, 0.15) is 0 Å². The summed E-state index contributed by atoms with van der Waals surface area (Å²) in [6.07, 6.45) is 3.86. The van der Waals surface area contributed by atoms with Crippen molar-refractivity contribution in [3.63, 3.8) is 0 Å². The van der Waals surface area contributed by atoms with E-state index in [4.69, 9.17) is 0 Å². The van der Waals surface area contributed by atoms with Crippen molar-refractivity contribution in [2.24, 2.45) is 0 Å². The van der Waals surface area contributed by atoms with Crippen LogP contribution in [0.25, 0.3) is 0 Å². The summed E-state index contributed by atoms with van der Waals surface area (Å²) < 4.78 is 0. The monoisotopic (exact) mass is 97.1 g/mol. The second-order valence-electron chi connectivity index (χ2n) is 1.61. The molecule has 1 rings (SSSR count). The van der Waals surface area contributed by atoms with Crippen LogP contribution >= 0.6 is 0 Å². The highest BCUT2D eigenvalue weighted by molar-refractivity contribution is 5.74. The summed E-state index contributed by atoms with van der Waals surface area (Å²) in [6.45, 7) is 1.51. The van der Waals surface area contributed by atoms with E-state index in [1.54, 1.807) is 0 Å². The minimum atomic E-state index is 0.0370. The maximum absolute atomic E-state index is 10.1. The Hall–Kier alpha value is -0.790. The molecule has 2 nitrogen and oxygen atoms in total. The zero-order valence-corrected chi connectivity index (χ0v) is 4.14. The normalized spacial score (nSPS) is 16.7. The molecule has 0 fully saturated rings. The van der Waals surface area contributed by atoms with E-state index in [0.717, 1.165) is 0 Å². The molecular formula is C5H7NO. The number of carbonyl (C=O) groups excluding carboxylic acids is 1. The maximum Gasteiger partial charge on any atom is 0.217 e. The molecule has 1 N–H and O–H groups in total. The molecule has 0 aromatic carbocycles. The molecule has 0 heterocycles. The van der Waals surface area contributed by atoms with Crippen molar-refractivity contribution in [1.29, 1.82) is 0 Å². The van der Waals surface area contributed by atoms with E-state index in [-0.39, 0.29) is 11.9 Å². The Kier molecular flexibility index (Phi) is 0.855. The Morgan fingerprint density at radius 1 is 1.71 bits per heavy atom. The molecule has 0 radical (unpaired) electrons. The summed E-state index contributed by atoms with van der Waals surface area (Å²) in [5, 5.41) is 2.67. The number of hydrogen-bond donors (Lipinski definition) is 1. The van der Waals surface area contributed by atoms with E-state index in [9.17, 15) is 4.79 Å². The molecule has 0 aromatic rings. The van der Waals surface area contributed by atoms with Gasteiger partial charge < -0.3 is 5.32 Å². The van der Waals surface area contributed by atoms with Crippen LogP contribution in [0.4, 0.5) is 0 Å². The van der Waals surface area contributed by atoms with Crippen LogP contribution in [0.2, 0.25) is 0 Å². The van der Waals surface area contributed by atoms with Crippen molar-refractivity contribution in [1.82, 2.24) is 5.32 Å². The molecule has 7 heavy (non-hydrogen) atoms. The lowest BCUT2D eigenvalue weighted by molar-refractivity contribution is -0.118. The molecule has 0 unspecified atom stereocenters. The Morgan fingerprint density at radius 3 is 2.43 bits per heavy atom. The first-order chi connectivity index (χ1) is 3.29. The van der Waals surface area contributed by atoms with E-state index in [1.807, 2.05) is 12.2 Å². The Bertz CT molecular complexity index is 111. The Balaban J connectivity index is 2.10. The van der Waals surface area contributed by atoms with Crippen LogP contribution in [0.1, 0.15) is 6.92 Å². The van der Waals surface area contributed by atoms with Gasteiger partial charge in [-0.05, 0) is 0 Å². The molecule has 1 amide bonds. The van der Waals surface area contributed by atoms with Gasteiger partial charge in [-0.25, -0.2) is 0 Å². The van der Waals surface area contributed by atoms with Gasteiger partial charge in [-0.15, -0.1) is 0 Å². The quantitative estimate of drug-likeness (QED) is 0.460. The third-order valence-electron chi connectivity index (χ3n) is 0.755. The maximum atomic E-state index is 10.1. The van der Waals surface area contributed by atoms with Crippen LogP contribution in [0.15, 0.2) is 12.2 Å². The summed E-state index contributed by atoms with van der Waals surface area (Å²) in [7, 11) is 0. The van der Waals surface area contributed by atoms with E-state index < -0.39 is 0 Å². The summed E-state index contributed by atoms with van der Waals surface area (Å²) in [4.78, 5) is 10.1. The fraction of sp³-hybridized carbons (Fsp3) is 0.400. The predicted molar refractivity (Wildman–Crippen MR) is 26.7 cm³/mol. The molecule has 1 aliphatic rings. The second kappa shape index (κ2) is 1.37. The van der Waals surface area contributed by atoms with E-state index >= 15 is 0 Å². The number of carbonyl (C=O) groups is 1. The van der Waals surface area contributed by atoms with Gasteiger partial charge in [-0.2, -0.15) is 0 Å². The lowest BCUT2D eigenvalue weighted by Gasteiger charge is -1.92. The van der Waals surface area contributed by atoms with Gasteiger partial charge in [-0.3, -0.25) is 4.79 Å². The minimum absolute atomic E-state index is 0.0370. The fourth-order valence-electron chi connectivity index (χ4n) is 0.386. The first kappa shape index (κ1) is 4.37. The highest BCUT2D eigenvalue weighted by Gasteiger charge is 2.09.